The number of anilines is 1. The van der Waals surface area contributed by atoms with Gasteiger partial charge in [-0.15, -0.1) is 0 Å². The minimum absolute atomic E-state index is 0.199. The summed E-state index contributed by atoms with van der Waals surface area (Å²) in [6.45, 7) is 1.77. The van der Waals surface area contributed by atoms with Crippen molar-refractivity contribution in [1.82, 2.24) is 4.98 Å². The second kappa shape index (κ2) is 6.17. The van der Waals surface area contributed by atoms with E-state index >= 15 is 0 Å². The Bertz CT molecular complexity index is 1020. The van der Waals surface area contributed by atoms with Gasteiger partial charge in [0.05, 0.1) is 30.5 Å². The number of fused-ring (bicyclic) bond motifs is 1. The van der Waals surface area contributed by atoms with Crippen molar-refractivity contribution < 1.29 is 18.7 Å². The maximum absolute atomic E-state index is 12.8. The molecule has 0 fully saturated rings. The first-order chi connectivity index (χ1) is 12.5. The Morgan fingerprint density at radius 2 is 2.12 bits per heavy atom. The van der Waals surface area contributed by atoms with Gasteiger partial charge < -0.3 is 19.5 Å². The number of carbonyl (C=O) groups is 2. The Kier molecular flexibility index (Phi) is 3.96. The predicted molar refractivity (Wildman–Crippen MR) is 99.2 cm³/mol. The Morgan fingerprint density at radius 1 is 1.31 bits per heavy atom. The Labute approximate surface area is 157 Å². The fourth-order valence-electron chi connectivity index (χ4n) is 3.43. The van der Waals surface area contributed by atoms with Gasteiger partial charge in [0, 0.05) is 21.4 Å². The summed E-state index contributed by atoms with van der Waals surface area (Å²) in [4.78, 5) is 28.5. The average molecular weight is 415 g/mol. The van der Waals surface area contributed by atoms with Gasteiger partial charge in [-0.1, -0.05) is 15.9 Å². The maximum atomic E-state index is 12.8. The normalized spacial score (nSPS) is 15.7. The van der Waals surface area contributed by atoms with E-state index in [-0.39, 0.29) is 5.91 Å². The van der Waals surface area contributed by atoms with E-state index in [0.717, 1.165) is 15.7 Å². The highest BCUT2D eigenvalue weighted by atomic mass is 79.9. The number of aromatic amines is 1. The number of amides is 1. The zero-order chi connectivity index (χ0) is 18.4. The Morgan fingerprint density at radius 3 is 2.81 bits per heavy atom. The summed E-state index contributed by atoms with van der Waals surface area (Å²) in [6, 6.07) is 9.11. The second-order valence-corrected chi connectivity index (χ2v) is 6.95. The van der Waals surface area contributed by atoms with Crippen molar-refractivity contribution in [1.29, 1.82) is 0 Å². The molecule has 1 atom stereocenters. The highest BCUT2D eigenvalue weighted by Gasteiger charge is 2.39. The summed E-state index contributed by atoms with van der Waals surface area (Å²) in [5.41, 5.74) is 3.64. The number of methoxy groups -OCH3 is 1. The zero-order valence-electron chi connectivity index (χ0n) is 14.1. The van der Waals surface area contributed by atoms with Gasteiger partial charge >= 0.3 is 5.97 Å². The van der Waals surface area contributed by atoms with Gasteiger partial charge in [0.1, 0.15) is 5.76 Å². The van der Waals surface area contributed by atoms with E-state index in [2.05, 4.69) is 26.2 Å². The van der Waals surface area contributed by atoms with Gasteiger partial charge in [-0.05, 0) is 42.8 Å². The van der Waals surface area contributed by atoms with E-state index in [1.54, 1.807) is 25.3 Å². The van der Waals surface area contributed by atoms with E-state index in [1.807, 2.05) is 18.2 Å². The number of H-pyrrole nitrogens is 1. The number of rotatable bonds is 3. The van der Waals surface area contributed by atoms with E-state index in [0.29, 0.717) is 28.3 Å². The first-order valence-corrected chi connectivity index (χ1v) is 8.75. The number of carbonyl (C=O) groups excluding carboxylic acids is 2. The fraction of sp³-hybridized carbons (Fsp3) is 0.158. The molecule has 1 amide bonds. The minimum Gasteiger partial charge on any atom is -0.465 e. The summed E-state index contributed by atoms with van der Waals surface area (Å²) in [5, 5.41) is 2.88. The molecule has 1 aliphatic rings. The van der Waals surface area contributed by atoms with Crippen LogP contribution in [0.25, 0.3) is 11.5 Å². The van der Waals surface area contributed by atoms with E-state index in [4.69, 9.17) is 9.15 Å². The molecule has 4 rings (SSSR count). The third-order valence-electron chi connectivity index (χ3n) is 4.52. The molecule has 6 nitrogen and oxygen atoms in total. The van der Waals surface area contributed by atoms with Gasteiger partial charge in [0.15, 0.2) is 0 Å². The van der Waals surface area contributed by atoms with Gasteiger partial charge in [-0.2, -0.15) is 0 Å². The summed E-state index contributed by atoms with van der Waals surface area (Å²) >= 11 is 3.45. The summed E-state index contributed by atoms with van der Waals surface area (Å²) in [5.74, 6) is -0.797. The van der Waals surface area contributed by atoms with Crippen molar-refractivity contribution in [3.8, 4) is 11.5 Å². The molecule has 0 unspecified atom stereocenters. The highest BCUT2D eigenvalue weighted by molar-refractivity contribution is 9.10. The predicted octanol–water partition coefficient (Wildman–Crippen LogP) is 4.22. The lowest BCUT2D eigenvalue weighted by atomic mass is 9.88. The van der Waals surface area contributed by atoms with Crippen LogP contribution in [0.15, 0.2) is 45.5 Å². The number of nitrogens with one attached hydrogen (secondary N) is 2. The Hall–Kier alpha value is -2.80. The summed E-state index contributed by atoms with van der Waals surface area (Å²) < 4.78 is 11.3. The first-order valence-electron chi connectivity index (χ1n) is 7.96. The SMILES string of the molecule is COC(=O)c1c(C)[nH]c(-c2ccco2)c1[C@H]1C(=O)Nc2ccc(Br)cc21. The smallest absolute Gasteiger partial charge is 0.340 e. The van der Waals surface area contributed by atoms with Crippen LogP contribution in [0, 0.1) is 6.92 Å². The molecule has 2 N–H and O–H groups in total. The monoisotopic (exact) mass is 414 g/mol. The average Bonchev–Trinajstić information content (AvgIpc) is 3.31. The van der Waals surface area contributed by atoms with Crippen LogP contribution in [0.3, 0.4) is 0 Å². The van der Waals surface area contributed by atoms with Crippen molar-refractivity contribution in [3.05, 3.63) is 63.5 Å². The first kappa shape index (κ1) is 16.7. The number of halogens is 1. The van der Waals surface area contributed by atoms with E-state index < -0.39 is 11.9 Å². The second-order valence-electron chi connectivity index (χ2n) is 6.04. The lowest BCUT2D eigenvalue weighted by molar-refractivity contribution is -0.116. The van der Waals surface area contributed by atoms with Crippen molar-refractivity contribution in [2.45, 2.75) is 12.8 Å². The number of esters is 1. The molecule has 132 valence electrons. The van der Waals surface area contributed by atoms with Crippen LogP contribution in [0.2, 0.25) is 0 Å². The zero-order valence-corrected chi connectivity index (χ0v) is 15.6. The van der Waals surface area contributed by atoms with Crippen LogP contribution >= 0.6 is 15.9 Å². The molecule has 3 aromatic rings. The number of ether oxygens (including phenoxy) is 1. The molecular formula is C19H15BrN2O4. The van der Waals surface area contributed by atoms with Crippen molar-refractivity contribution in [2.24, 2.45) is 0 Å². The number of furan rings is 1. The van der Waals surface area contributed by atoms with Gasteiger partial charge in [-0.3, -0.25) is 4.79 Å². The van der Waals surface area contributed by atoms with Gasteiger partial charge in [0.25, 0.3) is 0 Å². The molecular weight excluding hydrogens is 400 g/mol. The van der Waals surface area contributed by atoms with Crippen LogP contribution in [-0.4, -0.2) is 24.0 Å². The van der Waals surface area contributed by atoms with Crippen molar-refractivity contribution in [3.63, 3.8) is 0 Å². The summed E-state index contributed by atoms with van der Waals surface area (Å²) in [6.07, 6.45) is 1.55. The molecule has 3 heterocycles. The molecule has 0 saturated carbocycles. The molecule has 0 spiro atoms. The largest absolute Gasteiger partial charge is 0.465 e. The number of hydrogen-bond donors (Lipinski definition) is 2. The van der Waals surface area contributed by atoms with Crippen LogP contribution < -0.4 is 5.32 Å². The number of aryl methyl sites for hydroxylation is 1. The molecule has 26 heavy (non-hydrogen) atoms. The van der Waals surface area contributed by atoms with Crippen LogP contribution in [0.4, 0.5) is 5.69 Å². The van der Waals surface area contributed by atoms with E-state index in [1.165, 1.54) is 7.11 Å². The molecule has 0 saturated heterocycles. The molecule has 2 aromatic heterocycles. The molecule has 7 heteroatoms. The third kappa shape index (κ3) is 2.47. The minimum atomic E-state index is -0.651. The maximum Gasteiger partial charge on any atom is 0.340 e. The topological polar surface area (TPSA) is 84.3 Å². The molecule has 1 aromatic carbocycles. The van der Waals surface area contributed by atoms with Crippen molar-refractivity contribution >= 4 is 33.5 Å². The molecule has 1 aliphatic heterocycles. The summed E-state index contributed by atoms with van der Waals surface area (Å²) in [7, 11) is 1.32. The quantitative estimate of drug-likeness (QED) is 0.628. The van der Waals surface area contributed by atoms with Crippen LogP contribution in [-0.2, 0) is 9.53 Å². The number of benzene rings is 1. The number of aromatic nitrogens is 1. The third-order valence-corrected chi connectivity index (χ3v) is 5.01. The standard InChI is InChI=1S/C19H15BrN2O4/c1-9-14(19(24)25-2)16(17(21-9)13-4-3-7-26-13)15-11-8-10(20)5-6-12(11)22-18(15)23/h3-8,15,21H,1-2H3,(H,22,23)/t15-/m0/s1. The van der Waals surface area contributed by atoms with Gasteiger partial charge in [-0.25, -0.2) is 4.79 Å². The van der Waals surface area contributed by atoms with Crippen molar-refractivity contribution in [2.75, 3.05) is 12.4 Å². The fourth-order valence-corrected chi connectivity index (χ4v) is 3.81. The van der Waals surface area contributed by atoms with E-state index in [9.17, 15) is 9.59 Å². The lowest BCUT2D eigenvalue weighted by Gasteiger charge is -2.12. The highest BCUT2D eigenvalue weighted by Crippen LogP contribution is 2.44. The molecule has 0 radical (unpaired) electrons. The lowest BCUT2D eigenvalue weighted by Crippen LogP contribution is -2.17. The van der Waals surface area contributed by atoms with Crippen LogP contribution in [0.5, 0.6) is 0 Å². The molecule has 0 aliphatic carbocycles. The van der Waals surface area contributed by atoms with Crippen LogP contribution in [0.1, 0.15) is 33.1 Å². The Balaban J connectivity index is 2.01. The molecule has 0 bridgehead atoms. The van der Waals surface area contributed by atoms with Gasteiger partial charge in [0.2, 0.25) is 5.91 Å². The number of hydrogen-bond acceptors (Lipinski definition) is 4.